The highest BCUT2D eigenvalue weighted by Crippen LogP contribution is 2.15. The molecule has 2 aromatic rings. The van der Waals surface area contributed by atoms with Gasteiger partial charge in [0.05, 0.1) is 11.4 Å². The molecule has 0 fully saturated rings. The zero-order chi connectivity index (χ0) is 14.1. The molecule has 20 heavy (non-hydrogen) atoms. The number of hydrogen-bond donors (Lipinski definition) is 1. The average molecular weight is 270 g/mol. The Kier molecular flexibility index (Phi) is 3.36. The van der Waals surface area contributed by atoms with Gasteiger partial charge in [-0.2, -0.15) is 0 Å². The largest absolute Gasteiger partial charge is 0.311 e. The Hall–Kier alpha value is -2.01. The van der Waals surface area contributed by atoms with Crippen LogP contribution < -0.4 is 5.56 Å². The summed E-state index contributed by atoms with van der Waals surface area (Å²) >= 11 is 0. The van der Waals surface area contributed by atoms with Crippen LogP contribution in [0.5, 0.6) is 0 Å². The summed E-state index contributed by atoms with van der Waals surface area (Å²) in [6, 6.07) is 6.07. The second kappa shape index (κ2) is 5.17. The van der Waals surface area contributed by atoms with Crippen LogP contribution in [0.1, 0.15) is 28.5 Å². The topological polar surface area (TPSA) is 61.9 Å². The van der Waals surface area contributed by atoms with Crippen LogP contribution in [0, 0.1) is 13.8 Å². The predicted octanol–water partition coefficient (Wildman–Crippen LogP) is 1.34. The number of hydrogen-bond acceptors (Lipinski definition) is 4. The molecule has 3 heterocycles. The van der Waals surface area contributed by atoms with Gasteiger partial charge in [-0.3, -0.25) is 14.7 Å². The Labute approximate surface area is 117 Å². The SMILES string of the molecule is Cc1cccc(CN2CCc3c(nc(C)[nH]c3=O)C2)n1. The summed E-state index contributed by atoms with van der Waals surface area (Å²) in [5.41, 5.74) is 3.86. The first-order valence-electron chi connectivity index (χ1n) is 6.85. The number of nitrogens with one attached hydrogen (secondary N) is 1. The number of H-pyrrole nitrogens is 1. The van der Waals surface area contributed by atoms with Crippen LogP contribution in [0.4, 0.5) is 0 Å². The molecule has 0 atom stereocenters. The molecule has 1 aliphatic rings. The van der Waals surface area contributed by atoms with Gasteiger partial charge in [-0.05, 0) is 32.4 Å². The van der Waals surface area contributed by atoms with Gasteiger partial charge in [0.2, 0.25) is 0 Å². The van der Waals surface area contributed by atoms with Gasteiger partial charge in [0.1, 0.15) is 5.82 Å². The van der Waals surface area contributed by atoms with Crippen LogP contribution in [-0.2, 0) is 19.5 Å². The number of aryl methyl sites for hydroxylation is 2. The van der Waals surface area contributed by atoms with E-state index in [0.29, 0.717) is 5.82 Å². The van der Waals surface area contributed by atoms with Gasteiger partial charge in [0.25, 0.3) is 5.56 Å². The average Bonchev–Trinajstić information content (AvgIpc) is 2.38. The van der Waals surface area contributed by atoms with Crippen molar-refractivity contribution in [3.63, 3.8) is 0 Å². The highest BCUT2D eigenvalue weighted by atomic mass is 16.1. The van der Waals surface area contributed by atoms with Crippen LogP contribution in [-0.4, -0.2) is 26.4 Å². The van der Waals surface area contributed by atoms with Crippen molar-refractivity contribution in [1.82, 2.24) is 19.9 Å². The highest BCUT2D eigenvalue weighted by molar-refractivity contribution is 5.21. The zero-order valence-electron chi connectivity index (χ0n) is 11.8. The molecule has 0 saturated carbocycles. The number of rotatable bonds is 2. The molecule has 3 rings (SSSR count). The molecule has 2 aromatic heterocycles. The number of aromatic nitrogens is 3. The van der Waals surface area contributed by atoms with E-state index in [9.17, 15) is 4.79 Å². The molecule has 5 nitrogen and oxygen atoms in total. The van der Waals surface area contributed by atoms with E-state index in [1.54, 1.807) is 0 Å². The quantitative estimate of drug-likeness (QED) is 0.894. The second-order valence-corrected chi connectivity index (χ2v) is 5.31. The Morgan fingerprint density at radius 3 is 2.95 bits per heavy atom. The lowest BCUT2D eigenvalue weighted by atomic mass is 10.1. The second-order valence-electron chi connectivity index (χ2n) is 5.31. The zero-order valence-corrected chi connectivity index (χ0v) is 11.8. The number of aromatic amines is 1. The van der Waals surface area contributed by atoms with Crippen LogP contribution >= 0.6 is 0 Å². The predicted molar refractivity (Wildman–Crippen MR) is 76.4 cm³/mol. The minimum absolute atomic E-state index is 0.0147. The fourth-order valence-electron chi connectivity index (χ4n) is 2.67. The van der Waals surface area contributed by atoms with E-state index in [0.717, 1.165) is 48.7 Å². The third-order valence-corrected chi connectivity index (χ3v) is 3.60. The van der Waals surface area contributed by atoms with Crippen molar-refractivity contribution in [2.75, 3.05) is 6.54 Å². The smallest absolute Gasteiger partial charge is 0.254 e. The van der Waals surface area contributed by atoms with Crippen molar-refractivity contribution < 1.29 is 0 Å². The van der Waals surface area contributed by atoms with Crippen molar-refractivity contribution in [3.05, 3.63) is 57.0 Å². The van der Waals surface area contributed by atoms with E-state index < -0.39 is 0 Å². The van der Waals surface area contributed by atoms with Gasteiger partial charge in [0, 0.05) is 30.9 Å². The summed E-state index contributed by atoms with van der Waals surface area (Å²) in [5, 5.41) is 0. The maximum absolute atomic E-state index is 11.9. The molecular formula is C15H18N4O. The Bertz CT molecular complexity index is 693. The van der Waals surface area contributed by atoms with Gasteiger partial charge in [0.15, 0.2) is 0 Å². The van der Waals surface area contributed by atoms with Crippen molar-refractivity contribution in [2.24, 2.45) is 0 Å². The van der Waals surface area contributed by atoms with Gasteiger partial charge < -0.3 is 4.98 Å². The monoisotopic (exact) mass is 270 g/mol. The highest BCUT2D eigenvalue weighted by Gasteiger charge is 2.20. The Morgan fingerprint density at radius 2 is 2.15 bits per heavy atom. The van der Waals surface area contributed by atoms with E-state index in [4.69, 9.17) is 0 Å². The van der Waals surface area contributed by atoms with Gasteiger partial charge in [-0.1, -0.05) is 6.07 Å². The molecule has 0 aromatic carbocycles. The lowest BCUT2D eigenvalue weighted by molar-refractivity contribution is 0.237. The normalized spacial score (nSPS) is 15.1. The third-order valence-electron chi connectivity index (χ3n) is 3.60. The molecular weight excluding hydrogens is 252 g/mol. The van der Waals surface area contributed by atoms with Crippen LogP contribution in [0.25, 0.3) is 0 Å². The standard InChI is InChI=1S/C15H18N4O/c1-10-4-3-5-12(16-10)8-19-7-6-13-14(9-19)17-11(2)18-15(13)20/h3-5H,6-9H2,1-2H3,(H,17,18,20). The first-order chi connectivity index (χ1) is 9.61. The van der Waals surface area contributed by atoms with Crippen LogP contribution in [0.2, 0.25) is 0 Å². The molecule has 5 heteroatoms. The molecule has 1 N–H and O–H groups in total. The third kappa shape index (κ3) is 2.63. The maximum atomic E-state index is 11.9. The summed E-state index contributed by atoms with van der Waals surface area (Å²) in [5.74, 6) is 0.685. The minimum Gasteiger partial charge on any atom is -0.311 e. The number of nitrogens with zero attached hydrogens (tertiary/aromatic N) is 3. The van der Waals surface area contributed by atoms with Crippen molar-refractivity contribution in [1.29, 1.82) is 0 Å². The van der Waals surface area contributed by atoms with E-state index in [1.165, 1.54) is 0 Å². The van der Waals surface area contributed by atoms with Gasteiger partial charge in [-0.15, -0.1) is 0 Å². The summed E-state index contributed by atoms with van der Waals surface area (Å²) in [6.45, 7) is 6.21. The fraction of sp³-hybridized carbons (Fsp3) is 0.400. The summed E-state index contributed by atoms with van der Waals surface area (Å²) < 4.78 is 0. The van der Waals surface area contributed by atoms with E-state index in [2.05, 4.69) is 19.9 Å². The molecule has 0 radical (unpaired) electrons. The molecule has 0 aliphatic carbocycles. The van der Waals surface area contributed by atoms with Crippen molar-refractivity contribution >= 4 is 0 Å². The summed E-state index contributed by atoms with van der Waals surface area (Å²) in [7, 11) is 0. The summed E-state index contributed by atoms with van der Waals surface area (Å²) in [4.78, 5) is 25.9. The molecule has 104 valence electrons. The van der Waals surface area contributed by atoms with E-state index >= 15 is 0 Å². The van der Waals surface area contributed by atoms with Crippen molar-refractivity contribution in [2.45, 2.75) is 33.4 Å². The molecule has 0 spiro atoms. The molecule has 0 saturated heterocycles. The molecule has 0 unspecified atom stereocenters. The van der Waals surface area contributed by atoms with Crippen LogP contribution in [0.15, 0.2) is 23.0 Å². The van der Waals surface area contributed by atoms with Crippen molar-refractivity contribution in [3.8, 4) is 0 Å². The van der Waals surface area contributed by atoms with Gasteiger partial charge in [-0.25, -0.2) is 4.98 Å². The Balaban J connectivity index is 1.80. The maximum Gasteiger partial charge on any atom is 0.254 e. The first-order valence-corrected chi connectivity index (χ1v) is 6.85. The van der Waals surface area contributed by atoms with E-state index in [1.807, 2.05) is 32.0 Å². The molecule has 1 aliphatic heterocycles. The minimum atomic E-state index is 0.0147. The molecule has 0 bridgehead atoms. The Morgan fingerprint density at radius 1 is 1.30 bits per heavy atom. The fourth-order valence-corrected chi connectivity index (χ4v) is 2.67. The lowest BCUT2D eigenvalue weighted by Gasteiger charge is -2.27. The van der Waals surface area contributed by atoms with Gasteiger partial charge >= 0.3 is 0 Å². The molecule has 0 amide bonds. The first kappa shape index (κ1) is 13.0. The van der Waals surface area contributed by atoms with Crippen LogP contribution in [0.3, 0.4) is 0 Å². The number of pyridine rings is 1. The lowest BCUT2D eigenvalue weighted by Crippen LogP contribution is -2.35. The number of fused-ring (bicyclic) bond motifs is 1. The summed E-state index contributed by atoms with van der Waals surface area (Å²) in [6.07, 6.45) is 0.754. The van der Waals surface area contributed by atoms with E-state index in [-0.39, 0.29) is 5.56 Å².